The van der Waals surface area contributed by atoms with Gasteiger partial charge in [0.05, 0.1) is 11.7 Å². The molecule has 0 radical (unpaired) electrons. The monoisotopic (exact) mass is 323 g/mol. The van der Waals surface area contributed by atoms with E-state index in [0.29, 0.717) is 15.7 Å². The number of halogens is 1. The Balaban J connectivity index is 1.85. The highest BCUT2D eigenvalue weighted by Gasteiger charge is 2.24. The number of nitrogen functional groups attached to an aromatic ring is 1. The molecule has 21 heavy (non-hydrogen) atoms. The van der Waals surface area contributed by atoms with Crippen LogP contribution in [0.4, 0.5) is 9.52 Å². The zero-order valence-electron chi connectivity index (χ0n) is 11.4. The van der Waals surface area contributed by atoms with Gasteiger partial charge in [0.1, 0.15) is 10.7 Å². The first-order valence-corrected chi connectivity index (χ1v) is 8.31. The Labute approximate surface area is 130 Å². The van der Waals surface area contributed by atoms with Crippen LogP contribution < -0.4 is 11.1 Å². The van der Waals surface area contributed by atoms with Crippen LogP contribution in [0.15, 0.2) is 23.1 Å². The van der Waals surface area contributed by atoms with Gasteiger partial charge in [-0.15, -0.1) is 11.8 Å². The molecule has 0 spiro atoms. The SMILES string of the molecule is Cc1nc(N)sc1C(=O)NC1CCSc2ccc(F)cc21. The van der Waals surface area contributed by atoms with Crippen LogP contribution in [0, 0.1) is 12.7 Å². The van der Waals surface area contributed by atoms with Gasteiger partial charge < -0.3 is 11.1 Å². The summed E-state index contributed by atoms with van der Waals surface area (Å²) in [6.07, 6.45) is 0.778. The zero-order valence-corrected chi connectivity index (χ0v) is 13.0. The minimum Gasteiger partial charge on any atom is -0.375 e. The van der Waals surface area contributed by atoms with Crippen LogP contribution in [0.2, 0.25) is 0 Å². The van der Waals surface area contributed by atoms with Crippen molar-refractivity contribution >= 4 is 34.1 Å². The molecule has 7 heteroatoms. The maximum Gasteiger partial charge on any atom is 0.263 e. The molecule has 1 unspecified atom stereocenters. The Bertz CT molecular complexity index is 702. The number of hydrogen-bond acceptors (Lipinski definition) is 5. The molecule has 3 N–H and O–H groups in total. The van der Waals surface area contributed by atoms with Crippen molar-refractivity contribution in [2.45, 2.75) is 24.3 Å². The van der Waals surface area contributed by atoms with E-state index in [1.165, 1.54) is 23.5 Å². The predicted molar refractivity (Wildman–Crippen MR) is 83.2 cm³/mol. The highest BCUT2D eigenvalue weighted by molar-refractivity contribution is 7.99. The van der Waals surface area contributed by atoms with Gasteiger partial charge >= 0.3 is 0 Å². The van der Waals surface area contributed by atoms with E-state index in [-0.39, 0.29) is 17.8 Å². The fraction of sp³-hybridized carbons (Fsp3) is 0.286. The number of benzene rings is 1. The van der Waals surface area contributed by atoms with Crippen LogP contribution in [0.25, 0.3) is 0 Å². The highest BCUT2D eigenvalue weighted by Crippen LogP contribution is 2.36. The van der Waals surface area contributed by atoms with E-state index in [2.05, 4.69) is 10.3 Å². The lowest BCUT2D eigenvalue weighted by Crippen LogP contribution is -2.30. The molecule has 2 aromatic rings. The van der Waals surface area contributed by atoms with Crippen LogP contribution in [0.3, 0.4) is 0 Å². The average molecular weight is 323 g/mol. The number of aromatic nitrogens is 1. The standard InChI is InChI=1S/C14H14FN3OS2/c1-7-12(21-14(16)17-7)13(19)18-10-4-5-20-11-3-2-8(15)6-9(10)11/h2-3,6,10H,4-5H2,1H3,(H2,16,17)(H,18,19). The number of nitrogens with two attached hydrogens (primary N) is 1. The average Bonchev–Trinajstić information content (AvgIpc) is 2.78. The molecule has 1 aliphatic rings. The van der Waals surface area contributed by atoms with Gasteiger partial charge in [0.15, 0.2) is 5.13 Å². The molecule has 1 aliphatic heterocycles. The summed E-state index contributed by atoms with van der Waals surface area (Å²) >= 11 is 2.85. The maximum atomic E-state index is 13.4. The molecule has 0 saturated heterocycles. The van der Waals surface area contributed by atoms with Crippen LogP contribution in [0.1, 0.15) is 33.4 Å². The minimum absolute atomic E-state index is 0.174. The second-order valence-corrected chi connectivity index (χ2v) is 6.98. The van der Waals surface area contributed by atoms with Crippen molar-refractivity contribution in [1.29, 1.82) is 0 Å². The van der Waals surface area contributed by atoms with E-state index >= 15 is 0 Å². The molecular weight excluding hydrogens is 309 g/mol. The molecule has 0 bridgehead atoms. The van der Waals surface area contributed by atoms with Crippen molar-refractivity contribution in [3.63, 3.8) is 0 Å². The fourth-order valence-corrected chi connectivity index (χ4v) is 4.21. The summed E-state index contributed by atoms with van der Waals surface area (Å²) < 4.78 is 13.4. The predicted octanol–water partition coefficient (Wildman–Crippen LogP) is 3.14. The molecule has 2 heterocycles. The first kappa shape index (κ1) is 14.3. The number of rotatable bonds is 2. The lowest BCUT2D eigenvalue weighted by atomic mass is 10.0. The van der Waals surface area contributed by atoms with E-state index in [9.17, 15) is 9.18 Å². The third-order valence-electron chi connectivity index (χ3n) is 3.34. The number of carbonyl (C=O) groups is 1. The van der Waals surface area contributed by atoms with Crippen molar-refractivity contribution < 1.29 is 9.18 Å². The molecule has 1 atom stereocenters. The number of anilines is 1. The number of nitrogens with one attached hydrogen (secondary N) is 1. The minimum atomic E-state index is -0.284. The number of amides is 1. The molecule has 110 valence electrons. The zero-order chi connectivity index (χ0) is 15.0. The smallest absolute Gasteiger partial charge is 0.263 e. The van der Waals surface area contributed by atoms with E-state index in [0.717, 1.165) is 22.6 Å². The molecular formula is C14H14FN3OS2. The Morgan fingerprint density at radius 1 is 1.52 bits per heavy atom. The third-order valence-corrected chi connectivity index (χ3v) is 5.44. The number of carbonyl (C=O) groups excluding carboxylic acids is 1. The van der Waals surface area contributed by atoms with Gasteiger partial charge in [-0.1, -0.05) is 11.3 Å². The number of fused-ring (bicyclic) bond motifs is 1. The summed E-state index contributed by atoms with van der Waals surface area (Å²) in [5, 5.41) is 3.35. The van der Waals surface area contributed by atoms with Gasteiger partial charge in [-0.3, -0.25) is 4.79 Å². The van der Waals surface area contributed by atoms with E-state index in [4.69, 9.17) is 5.73 Å². The van der Waals surface area contributed by atoms with Crippen molar-refractivity contribution in [3.8, 4) is 0 Å². The maximum absolute atomic E-state index is 13.4. The second kappa shape index (κ2) is 5.65. The normalized spacial score (nSPS) is 17.3. The van der Waals surface area contributed by atoms with Crippen molar-refractivity contribution in [3.05, 3.63) is 40.2 Å². The van der Waals surface area contributed by atoms with E-state index in [1.54, 1.807) is 24.8 Å². The third kappa shape index (κ3) is 2.89. The molecule has 3 rings (SSSR count). The van der Waals surface area contributed by atoms with Crippen LogP contribution in [-0.4, -0.2) is 16.6 Å². The number of nitrogens with zero attached hydrogens (tertiary/aromatic N) is 1. The lowest BCUT2D eigenvalue weighted by Gasteiger charge is -2.25. The van der Waals surface area contributed by atoms with Gasteiger partial charge in [-0.25, -0.2) is 9.37 Å². The van der Waals surface area contributed by atoms with Gasteiger partial charge in [0.25, 0.3) is 5.91 Å². The first-order chi connectivity index (χ1) is 10.0. The number of hydrogen-bond donors (Lipinski definition) is 2. The summed E-state index contributed by atoms with van der Waals surface area (Å²) in [6, 6.07) is 4.54. The molecule has 0 aliphatic carbocycles. The summed E-state index contributed by atoms with van der Waals surface area (Å²) in [5.41, 5.74) is 7.09. The van der Waals surface area contributed by atoms with Crippen LogP contribution >= 0.6 is 23.1 Å². The summed E-state index contributed by atoms with van der Waals surface area (Å²) in [6.45, 7) is 1.76. The number of thioether (sulfide) groups is 1. The largest absolute Gasteiger partial charge is 0.375 e. The summed E-state index contributed by atoms with van der Waals surface area (Å²) in [7, 11) is 0. The number of thiazole rings is 1. The van der Waals surface area contributed by atoms with Gasteiger partial charge in [-0.05, 0) is 37.1 Å². The van der Waals surface area contributed by atoms with E-state index < -0.39 is 0 Å². The van der Waals surface area contributed by atoms with Crippen molar-refractivity contribution in [2.24, 2.45) is 0 Å². The molecule has 1 aromatic heterocycles. The lowest BCUT2D eigenvalue weighted by molar-refractivity contribution is 0.0938. The van der Waals surface area contributed by atoms with Gasteiger partial charge in [-0.2, -0.15) is 0 Å². The van der Waals surface area contributed by atoms with Crippen molar-refractivity contribution in [1.82, 2.24) is 10.3 Å². The number of aryl methyl sites for hydroxylation is 1. The Kier molecular flexibility index (Phi) is 3.86. The Morgan fingerprint density at radius 2 is 2.33 bits per heavy atom. The Hall–Kier alpha value is -1.60. The van der Waals surface area contributed by atoms with Crippen molar-refractivity contribution in [2.75, 3.05) is 11.5 Å². The molecule has 0 saturated carbocycles. The fourth-order valence-electron chi connectivity index (χ4n) is 2.37. The van der Waals surface area contributed by atoms with Crippen LogP contribution in [-0.2, 0) is 0 Å². The molecule has 0 fully saturated rings. The van der Waals surface area contributed by atoms with Gasteiger partial charge in [0, 0.05) is 10.6 Å². The molecule has 1 amide bonds. The topological polar surface area (TPSA) is 68.0 Å². The quantitative estimate of drug-likeness (QED) is 0.891. The highest BCUT2D eigenvalue weighted by atomic mass is 32.2. The molecule has 4 nitrogen and oxygen atoms in total. The summed E-state index contributed by atoms with van der Waals surface area (Å²) in [5.74, 6) is 0.412. The molecule has 1 aromatic carbocycles. The summed E-state index contributed by atoms with van der Waals surface area (Å²) in [4.78, 5) is 17.9. The van der Waals surface area contributed by atoms with Crippen LogP contribution in [0.5, 0.6) is 0 Å². The van der Waals surface area contributed by atoms with E-state index in [1.807, 2.05) is 0 Å². The van der Waals surface area contributed by atoms with Gasteiger partial charge in [0.2, 0.25) is 0 Å². The Morgan fingerprint density at radius 3 is 3.05 bits per heavy atom. The second-order valence-electron chi connectivity index (χ2n) is 4.81. The first-order valence-electron chi connectivity index (χ1n) is 6.50.